The fraction of sp³-hybridized carbons (Fsp3) is 0.947. The molecule has 0 aromatic rings. The molecule has 0 aliphatic carbocycles. The van der Waals surface area contributed by atoms with Gasteiger partial charge in [0.25, 0.3) is 0 Å². The molecule has 0 aromatic heterocycles. The highest BCUT2D eigenvalue weighted by atomic mass is 31.2. The highest BCUT2D eigenvalue weighted by Gasteiger charge is 2.30. The molecule has 0 saturated carbocycles. The maximum atomic E-state index is 13.1. The number of unbranched alkanes of at least 4 members (excludes halogenated alkanes) is 41. The summed E-state index contributed by atoms with van der Waals surface area (Å²) in [6, 6.07) is 0. The van der Waals surface area contributed by atoms with E-state index in [0.717, 1.165) is 108 Å². The van der Waals surface area contributed by atoms with Gasteiger partial charge in [0, 0.05) is 25.7 Å². The number of hydrogen-bond acceptors (Lipinski definition) is 15. The average molecular weight is 1380 g/mol. The Balaban J connectivity index is 5.26. The van der Waals surface area contributed by atoms with Crippen LogP contribution in [0.15, 0.2) is 0 Å². The quantitative estimate of drug-likeness (QED) is 0.0222. The summed E-state index contributed by atoms with van der Waals surface area (Å²) in [5.74, 6) is 0.177. The molecule has 0 saturated heterocycles. The number of ether oxygens (including phenoxy) is 4. The van der Waals surface area contributed by atoms with Crippen molar-refractivity contribution in [3.8, 4) is 0 Å². The van der Waals surface area contributed by atoms with Gasteiger partial charge in [0.15, 0.2) is 12.2 Å². The van der Waals surface area contributed by atoms with Gasteiger partial charge >= 0.3 is 39.5 Å². The Labute approximate surface area is 575 Å². The second-order valence-electron chi connectivity index (χ2n) is 28.5. The largest absolute Gasteiger partial charge is 0.472 e. The molecule has 0 spiro atoms. The lowest BCUT2D eigenvalue weighted by Gasteiger charge is -2.21. The van der Waals surface area contributed by atoms with Crippen LogP contribution in [-0.4, -0.2) is 96.7 Å². The van der Waals surface area contributed by atoms with E-state index in [0.29, 0.717) is 25.7 Å². The van der Waals surface area contributed by atoms with Crippen LogP contribution in [0.1, 0.15) is 382 Å². The SMILES string of the molecule is CCCCCCCCCCCCCCC(=O)O[C@H](COC(=O)CCCCCCCCCCC(C)C)COP(=O)(O)OC[C@H](O)COP(=O)(O)OC[C@@H](COC(=O)CCCCCCCCCCCCCCC(C)C)OC(=O)CCCCCCCCCCCCCCCC(C)C. The predicted octanol–water partition coefficient (Wildman–Crippen LogP) is 21.8. The van der Waals surface area contributed by atoms with Gasteiger partial charge in [0.1, 0.15) is 19.3 Å². The molecule has 0 aliphatic rings. The lowest BCUT2D eigenvalue weighted by Crippen LogP contribution is -2.30. The van der Waals surface area contributed by atoms with E-state index < -0.39 is 97.5 Å². The van der Waals surface area contributed by atoms with Gasteiger partial charge in [-0.05, 0) is 43.4 Å². The molecular formula is C75H146O17P2. The van der Waals surface area contributed by atoms with Crippen LogP contribution in [0, 0.1) is 17.8 Å². The van der Waals surface area contributed by atoms with Crippen molar-refractivity contribution < 1.29 is 80.2 Å². The van der Waals surface area contributed by atoms with Crippen molar-refractivity contribution in [2.24, 2.45) is 17.8 Å². The standard InChI is InChI=1S/C75H146O17P2/c1-8-9-10-11-12-13-14-22-28-37-44-51-58-74(79)92-71(63-86-73(78)57-50-43-36-31-30-34-41-48-55-68(6)7)65-90-94(83,84)88-61-69(76)60-87-93(81,82)89-64-70(62-85-72(77)56-49-42-35-27-23-19-18-21-26-33-40-47-54-67(4)5)91-75(80)59-52-45-38-29-24-17-15-16-20-25-32-39-46-53-66(2)3/h66-71,76H,8-65H2,1-7H3,(H,81,82)(H,83,84)/t69-,70-,71-/m1/s1. The lowest BCUT2D eigenvalue weighted by atomic mass is 10.0. The molecular weight excluding hydrogens is 1230 g/mol. The summed E-state index contributed by atoms with van der Waals surface area (Å²) in [7, 11) is -9.91. The molecule has 0 radical (unpaired) electrons. The molecule has 17 nitrogen and oxygen atoms in total. The summed E-state index contributed by atoms with van der Waals surface area (Å²) >= 11 is 0. The number of hydrogen-bond donors (Lipinski definition) is 3. The van der Waals surface area contributed by atoms with Gasteiger partial charge in [-0.2, -0.15) is 0 Å². The number of phosphoric ester groups is 2. The Hall–Kier alpha value is -1.94. The normalized spacial score (nSPS) is 14.1. The van der Waals surface area contributed by atoms with Crippen molar-refractivity contribution in [1.29, 1.82) is 0 Å². The number of carbonyl (C=O) groups is 4. The Morgan fingerprint density at radius 2 is 0.489 bits per heavy atom. The Morgan fingerprint density at radius 3 is 0.723 bits per heavy atom. The smallest absolute Gasteiger partial charge is 0.462 e. The van der Waals surface area contributed by atoms with E-state index in [-0.39, 0.29) is 25.7 Å². The number of aliphatic hydroxyl groups is 1. The van der Waals surface area contributed by atoms with Gasteiger partial charge in [0.05, 0.1) is 26.4 Å². The fourth-order valence-electron chi connectivity index (χ4n) is 11.4. The number of esters is 4. The molecule has 0 aliphatic heterocycles. The van der Waals surface area contributed by atoms with Gasteiger partial charge in [-0.25, -0.2) is 9.13 Å². The van der Waals surface area contributed by atoms with E-state index >= 15 is 0 Å². The van der Waals surface area contributed by atoms with Crippen LogP contribution in [0.3, 0.4) is 0 Å². The maximum Gasteiger partial charge on any atom is 0.472 e. The molecule has 0 heterocycles. The zero-order valence-corrected chi connectivity index (χ0v) is 63.2. The molecule has 0 amide bonds. The van der Waals surface area contributed by atoms with Crippen molar-refractivity contribution >= 4 is 39.5 Å². The van der Waals surface area contributed by atoms with Crippen molar-refractivity contribution in [3.05, 3.63) is 0 Å². The molecule has 0 bridgehead atoms. The summed E-state index contributed by atoms with van der Waals surface area (Å²) in [5.41, 5.74) is 0. The van der Waals surface area contributed by atoms with E-state index in [1.165, 1.54) is 193 Å². The van der Waals surface area contributed by atoms with Crippen molar-refractivity contribution in [2.75, 3.05) is 39.6 Å². The van der Waals surface area contributed by atoms with E-state index in [1.807, 2.05) is 0 Å². The maximum absolute atomic E-state index is 13.1. The second-order valence-corrected chi connectivity index (χ2v) is 31.4. The first-order chi connectivity index (χ1) is 45.2. The second kappa shape index (κ2) is 65.7. The third-order valence-electron chi connectivity index (χ3n) is 17.4. The molecule has 3 N–H and O–H groups in total. The number of carbonyl (C=O) groups excluding carboxylic acids is 4. The predicted molar refractivity (Wildman–Crippen MR) is 381 cm³/mol. The highest BCUT2D eigenvalue weighted by Crippen LogP contribution is 2.45. The van der Waals surface area contributed by atoms with Gasteiger partial charge < -0.3 is 33.8 Å². The Bertz CT molecular complexity index is 1840. The summed E-state index contributed by atoms with van der Waals surface area (Å²) in [6.07, 6.45) is 51.2. The zero-order valence-electron chi connectivity index (χ0n) is 61.4. The number of rotatable bonds is 73. The molecule has 0 aromatic carbocycles. The summed E-state index contributed by atoms with van der Waals surface area (Å²) < 4.78 is 68.5. The van der Waals surface area contributed by atoms with Crippen LogP contribution in [0.25, 0.3) is 0 Å². The van der Waals surface area contributed by atoms with Crippen LogP contribution in [0.4, 0.5) is 0 Å². The topological polar surface area (TPSA) is 237 Å². The van der Waals surface area contributed by atoms with Crippen LogP contribution >= 0.6 is 15.6 Å². The highest BCUT2D eigenvalue weighted by molar-refractivity contribution is 7.47. The summed E-state index contributed by atoms with van der Waals surface area (Å²) in [5, 5.41) is 10.6. The monoisotopic (exact) mass is 1380 g/mol. The minimum Gasteiger partial charge on any atom is -0.462 e. The van der Waals surface area contributed by atoms with Crippen LogP contribution in [0.2, 0.25) is 0 Å². The molecule has 5 atom stereocenters. The third kappa shape index (κ3) is 68.6. The van der Waals surface area contributed by atoms with Crippen LogP contribution < -0.4 is 0 Å². The van der Waals surface area contributed by atoms with Crippen LogP contribution in [0.5, 0.6) is 0 Å². The Morgan fingerprint density at radius 1 is 0.287 bits per heavy atom. The average Bonchev–Trinajstić information content (AvgIpc) is 3.23. The molecule has 0 fully saturated rings. The fourth-order valence-corrected chi connectivity index (χ4v) is 13.0. The molecule has 19 heteroatoms. The third-order valence-corrected chi connectivity index (χ3v) is 19.3. The molecule has 94 heavy (non-hydrogen) atoms. The van der Waals surface area contributed by atoms with Gasteiger partial charge in [-0.1, -0.05) is 331 Å². The molecule has 558 valence electrons. The van der Waals surface area contributed by atoms with E-state index in [1.54, 1.807) is 0 Å². The zero-order chi connectivity index (χ0) is 69.4. The van der Waals surface area contributed by atoms with Crippen molar-refractivity contribution in [1.82, 2.24) is 0 Å². The minimum atomic E-state index is -4.96. The molecule has 2 unspecified atom stereocenters. The first kappa shape index (κ1) is 92.1. The minimum absolute atomic E-state index is 0.107. The number of phosphoric acid groups is 2. The van der Waals surface area contributed by atoms with E-state index in [2.05, 4.69) is 48.5 Å². The molecule has 0 rings (SSSR count). The van der Waals surface area contributed by atoms with E-state index in [4.69, 9.17) is 37.0 Å². The summed E-state index contributed by atoms with van der Waals surface area (Å²) in [4.78, 5) is 72.8. The number of aliphatic hydroxyl groups excluding tert-OH is 1. The van der Waals surface area contributed by atoms with Gasteiger partial charge in [-0.3, -0.25) is 37.3 Å². The summed E-state index contributed by atoms with van der Waals surface area (Å²) in [6.45, 7) is 11.9. The lowest BCUT2D eigenvalue weighted by molar-refractivity contribution is -0.161. The van der Waals surface area contributed by atoms with Gasteiger partial charge in [-0.15, -0.1) is 0 Å². The van der Waals surface area contributed by atoms with Gasteiger partial charge in [0.2, 0.25) is 0 Å². The van der Waals surface area contributed by atoms with E-state index in [9.17, 15) is 43.2 Å². The first-order valence-electron chi connectivity index (χ1n) is 38.8. The van der Waals surface area contributed by atoms with Crippen molar-refractivity contribution in [3.63, 3.8) is 0 Å². The Kier molecular flexibility index (Phi) is 64.3. The van der Waals surface area contributed by atoms with Crippen molar-refractivity contribution in [2.45, 2.75) is 401 Å². The first-order valence-corrected chi connectivity index (χ1v) is 41.8. The van der Waals surface area contributed by atoms with Crippen LogP contribution in [-0.2, 0) is 65.4 Å².